The molecule has 0 unspecified atom stereocenters. The van der Waals surface area contributed by atoms with Crippen molar-refractivity contribution >= 4 is 21.6 Å². The lowest BCUT2D eigenvalue weighted by molar-refractivity contribution is 0.102. The standard InChI is InChI=1S/C20H26N2O3S/c1-5-6-12-22(4)26(24,25)18-9-7-8-17(14-18)20(23)21-19-11-10-15(2)13-16(19)3/h7-11,13-14H,5-6,12H2,1-4H3,(H,21,23). The fourth-order valence-corrected chi connectivity index (χ4v) is 3.88. The van der Waals surface area contributed by atoms with Crippen LogP contribution in [0, 0.1) is 13.8 Å². The van der Waals surface area contributed by atoms with Gasteiger partial charge in [-0.25, -0.2) is 12.7 Å². The lowest BCUT2D eigenvalue weighted by atomic mass is 10.1. The van der Waals surface area contributed by atoms with Gasteiger partial charge in [-0.05, 0) is 50.1 Å². The second-order valence-electron chi connectivity index (χ2n) is 6.48. The van der Waals surface area contributed by atoms with E-state index in [2.05, 4.69) is 5.32 Å². The highest BCUT2D eigenvalue weighted by Crippen LogP contribution is 2.20. The topological polar surface area (TPSA) is 66.5 Å². The summed E-state index contributed by atoms with van der Waals surface area (Å²) >= 11 is 0. The number of carbonyl (C=O) groups is 1. The van der Waals surface area contributed by atoms with E-state index in [1.807, 2.05) is 39.0 Å². The molecule has 0 spiro atoms. The number of hydrogen-bond donors (Lipinski definition) is 1. The van der Waals surface area contributed by atoms with Crippen molar-refractivity contribution in [3.63, 3.8) is 0 Å². The van der Waals surface area contributed by atoms with Crippen molar-refractivity contribution in [2.45, 2.75) is 38.5 Å². The van der Waals surface area contributed by atoms with Gasteiger partial charge >= 0.3 is 0 Å². The molecular weight excluding hydrogens is 348 g/mol. The van der Waals surface area contributed by atoms with Crippen LogP contribution in [0.5, 0.6) is 0 Å². The maximum absolute atomic E-state index is 12.7. The first kappa shape index (κ1) is 20.1. The zero-order chi connectivity index (χ0) is 19.3. The van der Waals surface area contributed by atoms with Gasteiger partial charge in [0.15, 0.2) is 0 Å². The molecule has 0 heterocycles. The molecule has 1 amide bonds. The maximum Gasteiger partial charge on any atom is 0.255 e. The Balaban J connectivity index is 2.24. The van der Waals surface area contributed by atoms with Crippen LogP contribution < -0.4 is 5.32 Å². The molecule has 0 aliphatic carbocycles. The highest BCUT2D eigenvalue weighted by Gasteiger charge is 2.21. The van der Waals surface area contributed by atoms with E-state index >= 15 is 0 Å². The summed E-state index contributed by atoms with van der Waals surface area (Å²) in [6, 6.07) is 11.9. The Bertz CT molecular complexity index is 892. The Morgan fingerprint density at radius 1 is 1.12 bits per heavy atom. The third-order valence-electron chi connectivity index (χ3n) is 4.26. The first-order valence-corrected chi connectivity index (χ1v) is 10.1. The van der Waals surface area contributed by atoms with E-state index in [1.165, 1.54) is 16.4 Å². The van der Waals surface area contributed by atoms with Crippen LogP contribution in [-0.4, -0.2) is 32.2 Å². The van der Waals surface area contributed by atoms with E-state index in [-0.39, 0.29) is 10.8 Å². The van der Waals surface area contributed by atoms with Gasteiger partial charge in [-0.2, -0.15) is 0 Å². The molecule has 0 radical (unpaired) electrons. The summed E-state index contributed by atoms with van der Waals surface area (Å²) in [5.41, 5.74) is 3.11. The number of amides is 1. The van der Waals surface area contributed by atoms with Gasteiger partial charge in [-0.3, -0.25) is 4.79 Å². The summed E-state index contributed by atoms with van der Waals surface area (Å²) in [5.74, 6) is -0.329. The van der Waals surface area contributed by atoms with Crippen LogP contribution in [0.2, 0.25) is 0 Å². The fourth-order valence-electron chi connectivity index (χ4n) is 2.63. The lowest BCUT2D eigenvalue weighted by Gasteiger charge is -2.17. The van der Waals surface area contributed by atoms with Crippen molar-refractivity contribution in [1.29, 1.82) is 0 Å². The molecule has 1 N–H and O–H groups in total. The van der Waals surface area contributed by atoms with Crippen LogP contribution in [-0.2, 0) is 10.0 Å². The number of aryl methyl sites for hydroxylation is 2. The third-order valence-corrected chi connectivity index (χ3v) is 6.11. The molecule has 0 saturated carbocycles. The predicted molar refractivity (Wildman–Crippen MR) is 105 cm³/mol. The molecule has 5 nitrogen and oxygen atoms in total. The van der Waals surface area contributed by atoms with Gasteiger partial charge in [0.1, 0.15) is 0 Å². The van der Waals surface area contributed by atoms with Crippen molar-refractivity contribution in [1.82, 2.24) is 4.31 Å². The normalized spacial score (nSPS) is 11.6. The zero-order valence-corrected chi connectivity index (χ0v) is 16.6. The van der Waals surface area contributed by atoms with Gasteiger partial charge in [-0.15, -0.1) is 0 Å². The van der Waals surface area contributed by atoms with Gasteiger partial charge in [0, 0.05) is 24.8 Å². The van der Waals surface area contributed by atoms with E-state index in [9.17, 15) is 13.2 Å². The first-order chi connectivity index (χ1) is 12.3. The highest BCUT2D eigenvalue weighted by atomic mass is 32.2. The number of benzene rings is 2. The van der Waals surface area contributed by atoms with Crippen LogP contribution in [0.4, 0.5) is 5.69 Å². The lowest BCUT2D eigenvalue weighted by Crippen LogP contribution is -2.28. The van der Waals surface area contributed by atoms with Crippen LogP contribution >= 0.6 is 0 Å². The molecule has 140 valence electrons. The molecule has 0 saturated heterocycles. The second kappa shape index (κ2) is 8.47. The monoisotopic (exact) mass is 374 g/mol. The summed E-state index contributed by atoms with van der Waals surface area (Å²) in [6.45, 7) is 6.38. The van der Waals surface area contributed by atoms with Crippen molar-refractivity contribution in [3.05, 3.63) is 59.2 Å². The minimum absolute atomic E-state index is 0.129. The average molecular weight is 375 g/mol. The van der Waals surface area contributed by atoms with Crippen molar-refractivity contribution in [2.24, 2.45) is 0 Å². The van der Waals surface area contributed by atoms with E-state index in [0.29, 0.717) is 17.8 Å². The molecule has 0 aliphatic rings. The Kier molecular flexibility index (Phi) is 6.56. The van der Waals surface area contributed by atoms with Gasteiger partial charge in [0.2, 0.25) is 10.0 Å². The smallest absolute Gasteiger partial charge is 0.255 e. The van der Waals surface area contributed by atoms with E-state index in [4.69, 9.17) is 0 Å². The molecule has 26 heavy (non-hydrogen) atoms. The summed E-state index contributed by atoms with van der Waals surface area (Å²) in [7, 11) is -2.04. The van der Waals surface area contributed by atoms with Gasteiger partial charge in [-0.1, -0.05) is 37.1 Å². The van der Waals surface area contributed by atoms with Crippen molar-refractivity contribution in [3.8, 4) is 0 Å². The number of nitrogens with one attached hydrogen (secondary N) is 1. The quantitative estimate of drug-likeness (QED) is 0.797. The Hall–Kier alpha value is -2.18. The maximum atomic E-state index is 12.7. The van der Waals surface area contributed by atoms with E-state index in [1.54, 1.807) is 19.2 Å². The number of carbonyl (C=O) groups excluding carboxylic acids is 1. The Morgan fingerprint density at radius 2 is 1.85 bits per heavy atom. The van der Waals surface area contributed by atoms with Crippen LogP contribution in [0.3, 0.4) is 0 Å². The van der Waals surface area contributed by atoms with Crippen LogP contribution in [0.25, 0.3) is 0 Å². The predicted octanol–water partition coefficient (Wildman–Crippen LogP) is 3.98. The Labute approximate surface area is 156 Å². The number of anilines is 1. The Morgan fingerprint density at radius 3 is 2.50 bits per heavy atom. The summed E-state index contributed by atoms with van der Waals surface area (Å²) in [4.78, 5) is 12.7. The fraction of sp³-hybridized carbons (Fsp3) is 0.350. The molecule has 0 fully saturated rings. The van der Waals surface area contributed by atoms with E-state index < -0.39 is 10.0 Å². The molecule has 0 aliphatic heterocycles. The van der Waals surface area contributed by atoms with Crippen LogP contribution in [0.1, 0.15) is 41.3 Å². The molecule has 0 aromatic heterocycles. The van der Waals surface area contributed by atoms with Crippen LogP contribution in [0.15, 0.2) is 47.4 Å². The second-order valence-corrected chi connectivity index (χ2v) is 8.53. The van der Waals surface area contributed by atoms with Crippen molar-refractivity contribution < 1.29 is 13.2 Å². The number of hydrogen-bond acceptors (Lipinski definition) is 3. The first-order valence-electron chi connectivity index (χ1n) is 8.70. The minimum Gasteiger partial charge on any atom is -0.322 e. The number of nitrogens with zero attached hydrogens (tertiary/aromatic N) is 1. The number of rotatable bonds is 7. The van der Waals surface area contributed by atoms with Gasteiger partial charge in [0.25, 0.3) is 5.91 Å². The average Bonchev–Trinajstić information content (AvgIpc) is 2.62. The highest BCUT2D eigenvalue weighted by molar-refractivity contribution is 7.89. The SMILES string of the molecule is CCCCN(C)S(=O)(=O)c1cccc(C(=O)Nc2ccc(C)cc2C)c1. The zero-order valence-electron chi connectivity index (χ0n) is 15.7. The molecule has 2 aromatic carbocycles. The third kappa shape index (κ3) is 4.71. The molecule has 2 rings (SSSR count). The number of sulfonamides is 1. The molecule has 6 heteroatoms. The number of unbranched alkanes of at least 4 members (excludes halogenated alkanes) is 1. The van der Waals surface area contributed by atoms with E-state index in [0.717, 1.165) is 24.0 Å². The van der Waals surface area contributed by atoms with Crippen molar-refractivity contribution in [2.75, 3.05) is 18.9 Å². The van der Waals surface area contributed by atoms with Gasteiger partial charge in [0.05, 0.1) is 4.90 Å². The largest absolute Gasteiger partial charge is 0.322 e. The molecule has 0 atom stereocenters. The summed E-state index contributed by atoms with van der Waals surface area (Å²) in [6.07, 6.45) is 1.71. The summed E-state index contributed by atoms with van der Waals surface area (Å²) in [5, 5.41) is 2.85. The molecule has 2 aromatic rings. The molecular formula is C20H26N2O3S. The summed E-state index contributed by atoms with van der Waals surface area (Å²) < 4.78 is 26.6. The minimum atomic E-state index is -3.60. The molecule has 0 bridgehead atoms. The van der Waals surface area contributed by atoms with Gasteiger partial charge < -0.3 is 5.32 Å².